The Labute approximate surface area is 408 Å². The van der Waals surface area contributed by atoms with Gasteiger partial charge in [0, 0.05) is 48.7 Å². The number of aromatic hydroxyl groups is 2. The highest BCUT2D eigenvalue weighted by atomic mass is 127. The van der Waals surface area contributed by atoms with Crippen molar-refractivity contribution in [3.63, 3.8) is 0 Å². The summed E-state index contributed by atoms with van der Waals surface area (Å²) >= 11 is 3.65. The van der Waals surface area contributed by atoms with Crippen LogP contribution in [0.3, 0.4) is 0 Å². The first-order valence-electron chi connectivity index (χ1n) is 21.2. The number of imide groups is 1. The van der Waals surface area contributed by atoms with E-state index < -0.39 is 104 Å². The predicted molar refractivity (Wildman–Crippen MR) is 249 cm³/mol. The second-order valence-corrected chi connectivity index (χ2v) is 19.5. The van der Waals surface area contributed by atoms with E-state index in [1.807, 2.05) is 42.5 Å². The largest absolute Gasteiger partial charge is 0.508 e. The van der Waals surface area contributed by atoms with Gasteiger partial charge in [-0.25, -0.2) is 3.11 Å². The van der Waals surface area contributed by atoms with E-state index in [1.165, 1.54) is 6.07 Å². The molecule has 19 nitrogen and oxygen atoms in total. The maximum Gasteiger partial charge on any atom is 0.255 e. The molecule has 6 aliphatic carbocycles. The fourth-order valence-electron chi connectivity index (χ4n) is 10.6. The summed E-state index contributed by atoms with van der Waals surface area (Å²) in [5.41, 5.74) is 7.01. The number of rotatable bonds is 4. The first kappa shape index (κ1) is 49.3. The van der Waals surface area contributed by atoms with Crippen LogP contribution in [0, 0.1) is 27.2 Å². The third-order valence-electron chi connectivity index (χ3n) is 13.9. The van der Waals surface area contributed by atoms with E-state index in [-0.39, 0.29) is 71.3 Å². The highest BCUT2D eigenvalue weighted by molar-refractivity contribution is 14.1. The first-order valence-corrected chi connectivity index (χ1v) is 23.2. The van der Waals surface area contributed by atoms with Gasteiger partial charge in [0.1, 0.15) is 45.7 Å². The molecular weight excluding hydrogens is 1100 g/mol. The number of Topliss-reactive ketones (excluding diaryl/α,β-unsaturated/α-hetero) is 4. The van der Waals surface area contributed by atoms with E-state index in [0.717, 1.165) is 25.4 Å². The van der Waals surface area contributed by atoms with Crippen LogP contribution in [0.25, 0.3) is 11.5 Å². The molecule has 1 heterocycles. The van der Waals surface area contributed by atoms with Gasteiger partial charge in [-0.05, 0) is 107 Å². The van der Waals surface area contributed by atoms with Gasteiger partial charge in [0.15, 0.2) is 22.8 Å². The van der Waals surface area contributed by atoms with Crippen molar-refractivity contribution in [3.8, 4) is 11.5 Å². The lowest BCUT2D eigenvalue weighted by atomic mass is 9.59. The minimum absolute atomic E-state index is 0.0735. The molecule has 2 aromatic rings. The van der Waals surface area contributed by atoms with Crippen molar-refractivity contribution < 1.29 is 79.2 Å². The van der Waals surface area contributed by atoms with Crippen molar-refractivity contribution in [3.05, 3.63) is 89.0 Å². The second-order valence-electron chi connectivity index (χ2n) is 17.4. The number of aliphatic hydroxyl groups excluding tert-OH is 4. The maximum absolute atomic E-state index is 13.4. The molecule has 0 radical (unpaired) electrons. The SMILES string of the molecule is CCc1cc(I)c(O)c2c1C[C@H]1C[C@H]3CC(=O)C(C(N)=O)=C(O)[C@@]3(O)C(=O)C1=C2O.CCc1ccc(O)c2c1C[C@H]1C[C@H]3CC(=O)C(C(N)=O)=C(O)[C@@]3(O)C(=O)C1=C2O.O=C1CCC(=O)N1I. The van der Waals surface area contributed by atoms with E-state index in [2.05, 4.69) is 0 Å². The van der Waals surface area contributed by atoms with Crippen LogP contribution >= 0.6 is 45.5 Å². The number of nitrogens with zero attached hydrogens (tertiary/aromatic N) is 1. The molecule has 0 aromatic heterocycles. The summed E-state index contributed by atoms with van der Waals surface area (Å²) in [4.78, 5) is 95.4. The molecule has 12 N–H and O–H groups in total. The van der Waals surface area contributed by atoms with E-state index in [0.29, 0.717) is 42.1 Å². The van der Waals surface area contributed by atoms with Crippen LogP contribution in [0.5, 0.6) is 11.5 Å². The van der Waals surface area contributed by atoms with Gasteiger partial charge in [-0.3, -0.25) is 38.4 Å². The first-order chi connectivity index (χ1) is 31.4. The number of carbonyl (C=O) groups excluding carboxylic acids is 8. The highest BCUT2D eigenvalue weighted by Gasteiger charge is 2.62. The Hall–Kier alpha value is -5.66. The normalized spacial score (nSPS) is 27.5. The molecule has 0 bridgehead atoms. The number of primary amides is 2. The lowest BCUT2D eigenvalue weighted by Gasteiger charge is -2.46. The summed E-state index contributed by atoms with van der Waals surface area (Å²) in [6.45, 7) is 3.87. The van der Waals surface area contributed by atoms with Gasteiger partial charge < -0.3 is 52.3 Å². The number of phenolic OH excluding ortho intramolecular Hbond substituents is 2. The molecule has 2 aromatic carbocycles. The Morgan fingerprint density at radius 2 is 1.09 bits per heavy atom. The van der Waals surface area contributed by atoms with Crippen molar-refractivity contribution in [2.24, 2.45) is 35.1 Å². The number of amides is 4. The van der Waals surface area contributed by atoms with Gasteiger partial charge in [-0.2, -0.15) is 0 Å². The van der Waals surface area contributed by atoms with Gasteiger partial charge >= 0.3 is 0 Å². The molecule has 1 saturated heterocycles. The summed E-state index contributed by atoms with van der Waals surface area (Å²) in [6, 6.07) is 5.01. The average molecular weight is 1150 g/mol. The standard InChI is InChI=1S/C21H20INO7.C21H21NO7.C4H4INO2/c1-2-7-5-11(22)16(25)14-10(7)4-8-3-9-6-12(24)15(20(23)29)19(28)21(9,30)18(27)13(8)17(14)26;1-2-8-3-4-12(23)15-11(8)6-9-5-10-7-13(24)16(20(22)28)19(27)21(10,29)18(26)14(9)17(15)25;5-6-3(7)1-2-4(6)8/h5,8-9,25-26,28,30H,2-4,6H2,1H3,(H2,23,29);3-4,9-10,23,25,27,29H,2,5-7H2,1H3,(H2,22,28);1-2H2/t8-,9+,21+;9-,10+,21+;/m11./s1. The minimum atomic E-state index is -2.53. The average Bonchev–Trinajstić information content (AvgIpc) is 3.55. The molecular formula is C46H45I2N3O16. The second kappa shape index (κ2) is 17.8. The van der Waals surface area contributed by atoms with Gasteiger partial charge in [0.2, 0.25) is 23.4 Å². The highest BCUT2D eigenvalue weighted by Crippen LogP contribution is 2.54. The molecule has 7 aliphatic rings. The Bertz CT molecular complexity index is 2790. The van der Waals surface area contributed by atoms with Gasteiger partial charge in [-0.1, -0.05) is 19.9 Å². The molecule has 2 saturated carbocycles. The van der Waals surface area contributed by atoms with Crippen molar-refractivity contribution in [1.29, 1.82) is 0 Å². The lowest BCUT2D eigenvalue weighted by Crippen LogP contribution is -2.58. The number of ketones is 4. The summed E-state index contributed by atoms with van der Waals surface area (Å²) in [5, 5.41) is 86.0. The van der Waals surface area contributed by atoms with Crippen molar-refractivity contribution >= 4 is 104 Å². The molecule has 3 fully saturated rings. The summed E-state index contributed by atoms with van der Waals surface area (Å²) in [7, 11) is 0. The fourth-order valence-corrected chi connectivity index (χ4v) is 11.7. The van der Waals surface area contributed by atoms with Crippen LogP contribution in [0.1, 0.15) is 85.8 Å². The van der Waals surface area contributed by atoms with E-state index in [9.17, 15) is 79.2 Å². The quantitative estimate of drug-likeness (QED) is 0.0910. The van der Waals surface area contributed by atoms with E-state index in [4.69, 9.17) is 11.5 Å². The van der Waals surface area contributed by atoms with Crippen LogP contribution in [-0.4, -0.2) is 102 Å². The zero-order valence-electron chi connectivity index (χ0n) is 35.8. The zero-order valence-corrected chi connectivity index (χ0v) is 40.1. The minimum Gasteiger partial charge on any atom is -0.508 e. The Balaban J connectivity index is 0.000000171. The summed E-state index contributed by atoms with van der Waals surface area (Å²) in [6.07, 6.45) is 2.41. The number of hydrogen-bond acceptors (Lipinski definition) is 16. The number of aliphatic hydroxyl groups is 6. The number of nitrogens with two attached hydrogens (primary N) is 2. The third kappa shape index (κ3) is 7.60. The third-order valence-corrected chi connectivity index (χ3v) is 15.8. The Morgan fingerprint density at radius 1 is 0.672 bits per heavy atom. The molecule has 1 aliphatic heterocycles. The number of aryl methyl sites for hydroxylation is 2. The number of halogens is 2. The van der Waals surface area contributed by atoms with E-state index in [1.54, 1.807) is 28.9 Å². The van der Waals surface area contributed by atoms with Crippen molar-refractivity contribution in [2.75, 3.05) is 0 Å². The Kier molecular flexibility index (Phi) is 13.1. The maximum atomic E-state index is 13.4. The zero-order chi connectivity index (χ0) is 49.5. The van der Waals surface area contributed by atoms with Crippen LogP contribution in [0.4, 0.5) is 0 Å². The molecule has 21 heteroatoms. The lowest BCUT2D eigenvalue weighted by molar-refractivity contribution is -0.149. The van der Waals surface area contributed by atoms with Gasteiger partial charge in [0.25, 0.3) is 11.8 Å². The molecule has 6 atom stereocenters. The van der Waals surface area contributed by atoms with E-state index >= 15 is 0 Å². The van der Waals surface area contributed by atoms with Crippen LogP contribution in [0.2, 0.25) is 0 Å². The summed E-state index contributed by atoms with van der Waals surface area (Å²) < 4.78 is 1.65. The van der Waals surface area contributed by atoms with Crippen LogP contribution < -0.4 is 11.5 Å². The monoisotopic (exact) mass is 1150 g/mol. The number of hydrogen-bond donors (Lipinski definition) is 10. The predicted octanol–water partition coefficient (Wildman–Crippen LogP) is 3.06. The number of carbonyl (C=O) groups is 8. The molecule has 4 amide bonds. The van der Waals surface area contributed by atoms with Crippen molar-refractivity contribution in [1.82, 2.24) is 3.11 Å². The topological polar surface area (TPSA) is 354 Å². The molecule has 354 valence electrons. The number of phenols is 2. The smallest absolute Gasteiger partial charge is 0.255 e. The number of fused-ring (bicyclic) bond motifs is 6. The molecule has 9 rings (SSSR count). The van der Waals surface area contributed by atoms with Gasteiger partial charge in [0.05, 0.1) is 37.6 Å². The molecule has 67 heavy (non-hydrogen) atoms. The number of benzene rings is 2. The van der Waals surface area contributed by atoms with Crippen LogP contribution in [-0.2, 0) is 64.0 Å². The Morgan fingerprint density at radius 3 is 1.48 bits per heavy atom. The summed E-state index contributed by atoms with van der Waals surface area (Å²) in [5.74, 6) is -12.3. The molecule has 0 spiro atoms. The molecule has 0 unspecified atom stereocenters. The fraction of sp³-hybridized carbons (Fsp3) is 0.391. The van der Waals surface area contributed by atoms with Crippen LogP contribution in [0.15, 0.2) is 52.0 Å². The van der Waals surface area contributed by atoms with Gasteiger partial charge in [-0.15, -0.1) is 0 Å². The van der Waals surface area contributed by atoms with Crippen molar-refractivity contribution in [2.45, 2.75) is 89.3 Å².